The lowest BCUT2D eigenvalue weighted by Crippen LogP contribution is -2.28. The minimum Gasteiger partial charge on any atom is -0.369 e. The summed E-state index contributed by atoms with van der Waals surface area (Å²) in [5, 5.41) is 0.667. The van der Waals surface area contributed by atoms with E-state index >= 15 is 0 Å². The number of fused-ring (bicyclic) bond motifs is 1. The minimum absolute atomic E-state index is 0.0396. The zero-order chi connectivity index (χ0) is 14.9. The minimum atomic E-state index is -0.437. The molecule has 2 N–H and O–H groups in total. The average molecular weight is 291 g/mol. The van der Waals surface area contributed by atoms with Crippen molar-refractivity contribution in [3.05, 3.63) is 34.6 Å². The Morgan fingerprint density at radius 1 is 1.30 bits per heavy atom. The molecule has 2 aromatic rings. The molecule has 106 valence electrons. The third-order valence-electron chi connectivity index (χ3n) is 2.97. The van der Waals surface area contributed by atoms with Crippen LogP contribution in [0.5, 0.6) is 0 Å². The molecule has 1 aromatic heterocycles. The zero-order valence-electron chi connectivity index (χ0n) is 11.7. The molecule has 5 nitrogen and oxygen atoms in total. The Bertz CT molecular complexity index is 709. The van der Waals surface area contributed by atoms with Crippen LogP contribution in [-0.4, -0.2) is 20.7 Å². The monoisotopic (exact) mass is 291 g/mol. The number of amides is 1. The van der Waals surface area contributed by atoms with Crippen molar-refractivity contribution in [2.75, 3.05) is 0 Å². The fourth-order valence-electron chi connectivity index (χ4n) is 1.88. The Balaban J connectivity index is 2.66. The van der Waals surface area contributed by atoms with Crippen LogP contribution in [0.4, 0.5) is 0 Å². The number of hydrogen-bond acceptors (Lipinski definition) is 4. The van der Waals surface area contributed by atoms with Gasteiger partial charge in [0.1, 0.15) is 0 Å². The molecule has 0 aliphatic rings. The second-order valence-electron chi connectivity index (χ2n) is 4.84. The number of thioether (sulfide) groups is 1. The Kier molecular flexibility index (Phi) is 4.13. The van der Waals surface area contributed by atoms with Gasteiger partial charge in [0.25, 0.3) is 5.56 Å². The molecule has 0 aliphatic heterocycles. The van der Waals surface area contributed by atoms with Gasteiger partial charge < -0.3 is 5.73 Å². The van der Waals surface area contributed by atoms with Crippen molar-refractivity contribution in [2.45, 2.75) is 37.2 Å². The molecule has 1 amide bonds. The molecule has 2 rings (SSSR count). The molecule has 0 saturated carbocycles. The summed E-state index contributed by atoms with van der Waals surface area (Å²) in [6.45, 7) is 5.53. The van der Waals surface area contributed by atoms with Gasteiger partial charge in [-0.15, -0.1) is 0 Å². The largest absolute Gasteiger partial charge is 0.369 e. The van der Waals surface area contributed by atoms with Gasteiger partial charge in [-0.1, -0.05) is 23.9 Å². The van der Waals surface area contributed by atoms with Crippen LogP contribution < -0.4 is 11.3 Å². The van der Waals surface area contributed by atoms with Gasteiger partial charge in [0.15, 0.2) is 5.16 Å². The highest BCUT2D eigenvalue weighted by atomic mass is 32.2. The number of nitrogens with zero attached hydrogens (tertiary/aromatic N) is 2. The van der Waals surface area contributed by atoms with Crippen LogP contribution in [0.3, 0.4) is 0 Å². The molecular weight excluding hydrogens is 274 g/mol. The number of nitrogens with two attached hydrogens (primary N) is 1. The number of primary amides is 1. The molecule has 1 aromatic carbocycles. The molecule has 0 unspecified atom stereocenters. The van der Waals surface area contributed by atoms with Crippen molar-refractivity contribution in [3.63, 3.8) is 0 Å². The van der Waals surface area contributed by atoms with E-state index in [2.05, 4.69) is 4.98 Å². The predicted octanol–water partition coefficient (Wildman–Crippen LogP) is 1.94. The quantitative estimate of drug-likeness (QED) is 0.690. The Morgan fingerprint density at radius 2 is 1.95 bits per heavy atom. The molecular formula is C14H17N3O2S. The Labute approximate surface area is 121 Å². The molecule has 0 aliphatic carbocycles. The number of para-hydroxylation sites is 1. The Hall–Kier alpha value is -1.82. The van der Waals surface area contributed by atoms with Crippen molar-refractivity contribution in [1.82, 2.24) is 9.55 Å². The van der Waals surface area contributed by atoms with Crippen LogP contribution in [0.15, 0.2) is 34.2 Å². The third-order valence-corrected chi connectivity index (χ3v) is 4.06. The summed E-state index contributed by atoms with van der Waals surface area (Å²) in [7, 11) is 0. The summed E-state index contributed by atoms with van der Waals surface area (Å²) in [6, 6.07) is 7.16. The fourth-order valence-corrected chi connectivity index (χ4v) is 2.87. The van der Waals surface area contributed by atoms with E-state index in [1.807, 2.05) is 26.0 Å². The van der Waals surface area contributed by atoms with Crippen molar-refractivity contribution in [2.24, 2.45) is 5.73 Å². The lowest BCUT2D eigenvalue weighted by molar-refractivity contribution is -0.117. The molecule has 0 saturated heterocycles. The number of hydrogen-bond donors (Lipinski definition) is 1. The second kappa shape index (κ2) is 5.66. The lowest BCUT2D eigenvalue weighted by atomic mass is 10.2. The van der Waals surface area contributed by atoms with Crippen molar-refractivity contribution < 1.29 is 4.79 Å². The van der Waals surface area contributed by atoms with Crippen LogP contribution >= 0.6 is 11.8 Å². The van der Waals surface area contributed by atoms with E-state index in [0.717, 1.165) is 0 Å². The van der Waals surface area contributed by atoms with Gasteiger partial charge in [-0.25, -0.2) is 4.98 Å². The molecule has 1 atom stereocenters. The molecule has 0 fully saturated rings. The average Bonchev–Trinajstić information content (AvgIpc) is 2.38. The first kappa shape index (κ1) is 14.6. The van der Waals surface area contributed by atoms with E-state index in [4.69, 9.17) is 5.73 Å². The molecule has 0 bridgehead atoms. The number of rotatable bonds is 4. The van der Waals surface area contributed by atoms with Crippen LogP contribution in [0, 0.1) is 0 Å². The van der Waals surface area contributed by atoms with Gasteiger partial charge in [-0.3, -0.25) is 14.2 Å². The van der Waals surface area contributed by atoms with Crippen molar-refractivity contribution in [1.29, 1.82) is 0 Å². The topological polar surface area (TPSA) is 78.0 Å². The molecule has 1 heterocycles. The second-order valence-corrected chi connectivity index (χ2v) is 6.15. The highest BCUT2D eigenvalue weighted by Gasteiger charge is 2.18. The van der Waals surface area contributed by atoms with Gasteiger partial charge in [-0.2, -0.15) is 0 Å². The van der Waals surface area contributed by atoms with Crippen molar-refractivity contribution >= 4 is 28.6 Å². The number of carbonyl (C=O) groups is 1. The van der Waals surface area contributed by atoms with Gasteiger partial charge in [0.2, 0.25) is 5.91 Å². The van der Waals surface area contributed by atoms with Gasteiger partial charge in [-0.05, 0) is 32.9 Å². The van der Waals surface area contributed by atoms with E-state index in [-0.39, 0.29) is 11.6 Å². The standard InChI is InChI=1S/C14H17N3O2S/c1-8(2)17-13(19)10-6-4-5-7-11(10)16-14(17)20-9(3)12(15)18/h4-9H,1-3H3,(H2,15,18)/t9-/m0/s1. The lowest BCUT2D eigenvalue weighted by Gasteiger charge is -2.17. The summed E-state index contributed by atoms with van der Waals surface area (Å²) in [5.41, 5.74) is 5.83. The van der Waals surface area contributed by atoms with Gasteiger partial charge in [0, 0.05) is 6.04 Å². The summed E-state index contributed by atoms with van der Waals surface area (Å²) >= 11 is 1.21. The fraction of sp³-hybridized carbons (Fsp3) is 0.357. The SMILES string of the molecule is CC(C)n1c(S[C@@H](C)C(N)=O)nc2ccccc2c1=O. The van der Waals surface area contributed by atoms with E-state index in [1.54, 1.807) is 23.6 Å². The third kappa shape index (κ3) is 2.70. The first-order chi connectivity index (χ1) is 9.41. The van der Waals surface area contributed by atoms with E-state index in [0.29, 0.717) is 16.1 Å². The maximum Gasteiger partial charge on any atom is 0.262 e. The van der Waals surface area contributed by atoms with Gasteiger partial charge >= 0.3 is 0 Å². The predicted molar refractivity (Wildman–Crippen MR) is 80.9 cm³/mol. The molecule has 20 heavy (non-hydrogen) atoms. The smallest absolute Gasteiger partial charge is 0.262 e. The maximum atomic E-state index is 12.5. The number of aromatic nitrogens is 2. The molecule has 0 radical (unpaired) electrons. The first-order valence-corrected chi connectivity index (χ1v) is 7.27. The summed E-state index contributed by atoms with van der Waals surface area (Å²) in [4.78, 5) is 28.3. The van der Waals surface area contributed by atoms with Crippen LogP contribution in [0.25, 0.3) is 10.9 Å². The van der Waals surface area contributed by atoms with E-state index < -0.39 is 11.2 Å². The van der Waals surface area contributed by atoms with E-state index in [1.165, 1.54) is 11.8 Å². The molecule has 0 spiro atoms. The normalized spacial score (nSPS) is 12.8. The van der Waals surface area contributed by atoms with Crippen LogP contribution in [0.2, 0.25) is 0 Å². The number of carbonyl (C=O) groups excluding carboxylic acids is 1. The highest BCUT2D eigenvalue weighted by Crippen LogP contribution is 2.24. The highest BCUT2D eigenvalue weighted by molar-refractivity contribution is 8.00. The van der Waals surface area contributed by atoms with E-state index in [9.17, 15) is 9.59 Å². The van der Waals surface area contributed by atoms with Crippen LogP contribution in [0.1, 0.15) is 26.8 Å². The zero-order valence-corrected chi connectivity index (χ0v) is 12.5. The molecule has 6 heteroatoms. The van der Waals surface area contributed by atoms with Gasteiger partial charge in [0.05, 0.1) is 16.2 Å². The summed E-state index contributed by atoms with van der Waals surface area (Å²) in [5.74, 6) is -0.423. The Morgan fingerprint density at radius 3 is 2.55 bits per heavy atom. The first-order valence-electron chi connectivity index (χ1n) is 6.39. The summed E-state index contributed by atoms with van der Waals surface area (Å²) < 4.78 is 1.60. The number of benzene rings is 1. The van der Waals surface area contributed by atoms with Crippen molar-refractivity contribution in [3.8, 4) is 0 Å². The van der Waals surface area contributed by atoms with Crippen LogP contribution in [-0.2, 0) is 4.79 Å². The maximum absolute atomic E-state index is 12.5. The summed E-state index contributed by atoms with van der Waals surface area (Å²) in [6.07, 6.45) is 0.